The molecule has 0 aliphatic carbocycles. The summed E-state index contributed by atoms with van der Waals surface area (Å²) < 4.78 is 0. The van der Waals surface area contributed by atoms with Crippen LogP contribution in [0.25, 0.3) is 0 Å². The Balaban J connectivity index is 4.17. The van der Waals surface area contributed by atoms with Gasteiger partial charge in [0, 0.05) is 5.54 Å². The maximum atomic E-state index is 2.92. The van der Waals surface area contributed by atoms with Gasteiger partial charge in [0.1, 0.15) is 0 Å². The summed E-state index contributed by atoms with van der Waals surface area (Å²) in [4.78, 5) is 2.92. The van der Waals surface area contributed by atoms with Crippen molar-refractivity contribution in [3.05, 3.63) is 0 Å². The summed E-state index contributed by atoms with van der Waals surface area (Å²) >= 11 is 0. The van der Waals surface area contributed by atoms with Gasteiger partial charge in [-0.05, 0) is 46.2 Å². The number of nitrogens with zero attached hydrogens (tertiary/aromatic N) is 1. The van der Waals surface area contributed by atoms with Crippen molar-refractivity contribution >= 4 is 0 Å². The lowest BCUT2D eigenvalue weighted by atomic mass is 9.92. The van der Waals surface area contributed by atoms with Crippen molar-refractivity contribution in [2.24, 2.45) is 0 Å². The zero-order valence-electron chi connectivity index (χ0n) is 32.1. The third-order valence-corrected chi connectivity index (χ3v) is 10.6. The Labute approximate surface area is 282 Å². The van der Waals surface area contributed by atoms with Gasteiger partial charge in [0.2, 0.25) is 0 Å². The van der Waals surface area contributed by atoms with E-state index in [4.69, 9.17) is 0 Å². The largest absolute Gasteiger partial charge is 0.298 e. The molecule has 0 aliphatic heterocycles. The topological polar surface area (TPSA) is 3.24 Å². The molecule has 44 heavy (non-hydrogen) atoms. The highest BCUT2D eigenvalue weighted by molar-refractivity contribution is 4.81. The summed E-state index contributed by atoms with van der Waals surface area (Å²) in [6, 6.07) is 0. The number of rotatable bonds is 38. The molecule has 0 fully saturated rings. The second kappa shape index (κ2) is 35.8. The molecule has 1 heteroatoms. The highest BCUT2D eigenvalue weighted by Crippen LogP contribution is 2.25. The van der Waals surface area contributed by atoms with Gasteiger partial charge in [0.05, 0.1) is 0 Å². The smallest absolute Gasteiger partial charge is 0.0153 e. The molecule has 0 rings (SSSR count). The Morgan fingerprint density at radius 2 is 0.477 bits per heavy atom. The molecule has 0 N–H and O–H groups in total. The highest BCUT2D eigenvalue weighted by atomic mass is 15.2. The first-order valence-electron chi connectivity index (χ1n) is 21.3. The maximum Gasteiger partial charge on any atom is 0.0153 e. The van der Waals surface area contributed by atoms with E-state index in [0.29, 0.717) is 5.54 Å². The maximum absolute atomic E-state index is 2.92. The van der Waals surface area contributed by atoms with Crippen LogP contribution in [0.3, 0.4) is 0 Å². The van der Waals surface area contributed by atoms with E-state index < -0.39 is 0 Å². The van der Waals surface area contributed by atoms with Gasteiger partial charge in [0.25, 0.3) is 0 Å². The quantitative estimate of drug-likeness (QED) is 0.0621. The molecular formula is C43H89N. The second-order valence-corrected chi connectivity index (χ2v) is 15.5. The van der Waals surface area contributed by atoms with E-state index in [1.165, 1.54) is 238 Å². The van der Waals surface area contributed by atoms with E-state index in [-0.39, 0.29) is 0 Å². The standard InChI is InChI=1S/C43H89N/c1-6-9-12-15-18-21-23-25-27-29-32-35-38-41-44(43(4,5)40-37-34-31-20-17-14-11-8-3)42-39-36-33-30-28-26-24-22-19-16-13-10-7-2/h6-42H2,1-5H3. The van der Waals surface area contributed by atoms with Crippen LogP contribution in [0.15, 0.2) is 0 Å². The van der Waals surface area contributed by atoms with E-state index in [0.717, 1.165) is 0 Å². The molecule has 0 spiro atoms. The van der Waals surface area contributed by atoms with Gasteiger partial charge in [-0.15, -0.1) is 0 Å². The fraction of sp³-hybridized carbons (Fsp3) is 1.00. The van der Waals surface area contributed by atoms with Crippen LogP contribution in [0.1, 0.15) is 259 Å². The van der Waals surface area contributed by atoms with Crippen LogP contribution < -0.4 is 0 Å². The minimum Gasteiger partial charge on any atom is -0.298 e. The average Bonchev–Trinajstić information content (AvgIpc) is 3.01. The van der Waals surface area contributed by atoms with Crippen molar-refractivity contribution in [3.8, 4) is 0 Å². The number of hydrogen-bond acceptors (Lipinski definition) is 1. The fourth-order valence-corrected chi connectivity index (χ4v) is 7.21. The predicted octanol–water partition coefficient (Wildman–Crippen LogP) is 15.8. The monoisotopic (exact) mass is 620 g/mol. The van der Waals surface area contributed by atoms with Crippen LogP contribution in [-0.2, 0) is 0 Å². The van der Waals surface area contributed by atoms with Crippen molar-refractivity contribution in [1.82, 2.24) is 4.90 Å². The third-order valence-electron chi connectivity index (χ3n) is 10.6. The van der Waals surface area contributed by atoms with Gasteiger partial charge in [-0.2, -0.15) is 0 Å². The van der Waals surface area contributed by atoms with Crippen LogP contribution in [-0.4, -0.2) is 23.5 Å². The minimum absolute atomic E-state index is 0.371. The molecule has 0 unspecified atom stereocenters. The number of hydrogen-bond donors (Lipinski definition) is 0. The predicted molar refractivity (Wildman–Crippen MR) is 204 cm³/mol. The molecule has 266 valence electrons. The van der Waals surface area contributed by atoms with Crippen molar-refractivity contribution in [3.63, 3.8) is 0 Å². The molecule has 0 heterocycles. The molecule has 0 amide bonds. The van der Waals surface area contributed by atoms with E-state index in [2.05, 4.69) is 39.5 Å². The lowest BCUT2D eigenvalue weighted by Crippen LogP contribution is -2.45. The lowest BCUT2D eigenvalue weighted by Gasteiger charge is -2.39. The summed E-state index contributed by atoms with van der Waals surface area (Å²) in [5, 5.41) is 0. The molecular weight excluding hydrogens is 530 g/mol. The van der Waals surface area contributed by atoms with Crippen molar-refractivity contribution in [2.75, 3.05) is 13.1 Å². The van der Waals surface area contributed by atoms with Gasteiger partial charge in [-0.1, -0.05) is 226 Å². The zero-order chi connectivity index (χ0) is 32.2. The Hall–Kier alpha value is -0.0400. The Morgan fingerprint density at radius 1 is 0.273 bits per heavy atom. The molecule has 0 atom stereocenters. The highest BCUT2D eigenvalue weighted by Gasteiger charge is 2.25. The number of unbranched alkanes of at least 4 members (excludes halogenated alkanes) is 31. The van der Waals surface area contributed by atoms with Gasteiger partial charge in [-0.25, -0.2) is 0 Å². The van der Waals surface area contributed by atoms with E-state index >= 15 is 0 Å². The minimum atomic E-state index is 0.371. The van der Waals surface area contributed by atoms with Crippen LogP contribution >= 0.6 is 0 Å². The van der Waals surface area contributed by atoms with Gasteiger partial charge >= 0.3 is 0 Å². The van der Waals surface area contributed by atoms with E-state index in [1.54, 1.807) is 0 Å². The average molecular weight is 620 g/mol. The molecule has 0 bridgehead atoms. The van der Waals surface area contributed by atoms with Crippen LogP contribution in [0, 0.1) is 0 Å². The van der Waals surface area contributed by atoms with Crippen LogP contribution in [0.2, 0.25) is 0 Å². The van der Waals surface area contributed by atoms with Crippen LogP contribution in [0.4, 0.5) is 0 Å². The fourth-order valence-electron chi connectivity index (χ4n) is 7.21. The SMILES string of the molecule is CCCCCCCCCCCCCCCN(CCCCCCCCCCCCCCC)C(C)(C)CCCCCCCCCC. The summed E-state index contributed by atoms with van der Waals surface area (Å²) in [5.41, 5.74) is 0.371. The molecule has 1 nitrogen and oxygen atoms in total. The van der Waals surface area contributed by atoms with Crippen molar-refractivity contribution < 1.29 is 0 Å². The summed E-state index contributed by atoms with van der Waals surface area (Å²) in [5.74, 6) is 0. The first kappa shape index (κ1) is 44.0. The second-order valence-electron chi connectivity index (χ2n) is 15.5. The molecule has 0 aromatic carbocycles. The van der Waals surface area contributed by atoms with Gasteiger partial charge < -0.3 is 0 Å². The molecule has 0 aliphatic rings. The van der Waals surface area contributed by atoms with E-state index in [1.807, 2.05) is 0 Å². The summed E-state index contributed by atoms with van der Waals surface area (Å²) in [6.45, 7) is 14.8. The molecule has 0 saturated heterocycles. The summed E-state index contributed by atoms with van der Waals surface area (Å²) in [7, 11) is 0. The Bertz CT molecular complexity index is 481. The third kappa shape index (κ3) is 31.9. The zero-order valence-corrected chi connectivity index (χ0v) is 32.1. The molecule has 0 aromatic rings. The van der Waals surface area contributed by atoms with Crippen molar-refractivity contribution in [2.45, 2.75) is 265 Å². The van der Waals surface area contributed by atoms with Gasteiger partial charge in [0.15, 0.2) is 0 Å². The van der Waals surface area contributed by atoms with E-state index in [9.17, 15) is 0 Å². The Morgan fingerprint density at radius 3 is 0.727 bits per heavy atom. The molecule has 0 radical (unpaired) electrons. The Kier molecular flexibility index (Phi) is 35.8. The van der Waals surface area contributed by atoms with Crippen molar-refractivity contribution in [1.29, 1.82) is 0 Å². The van der Waals surface area contributed by atoms with Gasteiger partial charge in [-0.3, -0.25) is 4.90 Å². The summed E-state index contributed by atoms with van der Waals surface area (Å²) in [6.07, 6.45) is 50.7. The first-order valence-corrected chi connectivity index (χ1v) is 21.3. The first-order chi connectivity index (χ1) is 21.6. The molecule has 0 aromatic heterocycles. The normalized spacial score (nSPS) is 12.1. The lowest BCUT2D eigenvalue weighted by molar-refractivity contribution is 0.102. The molecule has 0 saturated carbocycles. The van der Waals surface area contributed by atoms with Crippen LogP contribution in [0.5, 0.6) is 0 Å².